The van der Waals surface area contributed by atoms with Gasteiger partial charge < -0.3 is 10.5 Å². The lowest BCUT2D eigenvalue weighted by molar-refractivity contribution is 0.295. The summed E-state index contributed by atoms with van der Waals surface area (Å²) in [5.74, 6) is 0.333. The Morgan fingerprint density at radius 3 is 2.74 bits per heavy atom. The monoisotopic (exact) mass is 279 g/mol. The van der Waals surface area contributed by atoms with Gasteiger partial charge in [-0.2, -0.15) is 0 Å². The molecule has 0 saturated carbocycles. The van der Waals surface area contributed by atoms with E-state index in [1.165, 1.54) is 12.1 Å². The molecule has 19 heavy (non-hydrogen) atoms. The second-order valence-electron chi connectivity index (χ2n) is 4.35. The first-order chi connectivity index (χ1) is 9.08. The molecule has 0 saturated heterocycles. The molecule has 2 N–H and O–H groups in total. The van der Waals surface area contributed by atoms with Gasteiger partial charge in [0.25, 0.3) is 0 Å². The maximum atomic E-state index is 13.6. The molecule has 0 aliphatic carbocycles. The molecule has 0 heterocycles. The minimum atomic E-state index is -0.331. The van der Waals surface area contributed by atoms with Gasteiger partial charge in [0, 0.05) is 22.2 Å². The Kier molecular flexibility index (Phi) is 4.40. The first kappa shape index (κ1) is 13.8. The lowest BCUT2D eigenvalue weighted by atomic mass is 10.1. The van der Waals surface area contributed by atoms with Crippen molar-refractivity contribution in [1.82, 2.24) is 0 Å². The number of rotatable bonds is 4. The van der Waals surface area contributed by atoms with Crippen LogP contribution in [0, 0.1) is 5.82 Å². The maximum Gasteiger partial charge on any atom is 0.129 e. The summed E-state index contributed by atoms with van der Waals surface area (Å²) < 4.78 is 19.2. The van der Waals surface area contributed by atoms with Gasteiger partial charge in [-0.1, -0.05) is 29.8 Å². The maximum absolute atomic E-state index is 13.6. The van der Waals surface area contributed by atoms with Crippen LogP contribution >= 0.6 is 11.6 Å². The molecular weight excluding hydrogens is 265 g/mol. The fourth-order valence-electron chi connectivity index (χ4n) is 1.80. The summed E-state index contributed by atoms with van der Waals surface area (Å²) in [6.07, 6.45) is 0. The molecule has 0 spiro atoms. The zero-order valence-corrected chi connectivity index (χ0v) is 11.3. The van der Waals surface area contributed by atoms with E-state index in [9.17, 15) is 4.39 Å². The van der Waals surface area contributed by atoms with Gasteiger partial charge in [-0.05, 0) is 31.2 Å². The number of nitrogens with two attached hydrogens (primary N) is 1. The molecule has 1 unspecified atom stereocenters. The van der Waals surface area contributed by atoms with Crippen LogP contribution in [0.25, 0.3) is 0 Å². The predicted octanol–water partition coefficient (Wildman–Crippen LogP) is 4.08. The molecule has 1 atom stereocenters. The van der Waals surface area contributed by atoms with E-state index in [0.717, 1.165) is 5.56 Å². The summed E-state index contributed by atoms with van der Waals surface area (Å²) in [6, 6.07) is 11.7. The molecule has 4 heteroatoms. The van der Waals surface area contributed by atoms with E-state index >= 15 is 0 Å². The third-order valence-electron chi connectivity index (χ3n) is 2.80. The average Bonchev–Trinajstić information content (AvgIpc) is 2.40. The summed E-state index contributed by atoms with van der Waals surface area (Å²) in [5, 5.41) is 0.487. The number of halogens is 2. The molecule has 2 rings (SSSR count). The molecule has 2 nitrogen and oxygen atoms in total. The second-order valence-corrected chi connectivity index (χ2v) is 4.79. The normalized spacial score (nSPS) is 12.2. The lowest BCUT2D eigenvalue weighted by Crippen LogP contribution is -2.08. The third-order valence-corrected chi connectivity index (χ3v) is 3.04. The molecule has 0 fully saturated rings. The number of hydrogen-bond acceptors (Lipinski definition) is 2. The molecule has 0 bridgehead atoms. The van der Waals surface area contributed by atoms with E-state index in [-0.39, 0.29) is 18.5 Å². The van der Waals surface area contributed by atoms with Crippen molar-refractivity contribution in [3.05, 3.63) is 64.4 Å². The van der Waals surface area contributed by atoms with Crippen molar-refractivity contribution in [2.24, 2.45) is 5.73 Å². The van der Waals surface area contributed by atoms with Crippen LogP contribution < -0.4 is 10.5 Å². The van der Waals surface area contributed by atoms with Crippen LogP contribution in [0.4, 0.5) is 4.39 Å². The first-order valence-corrected chi connectivity index (χ1v) is 6.37. The largest absolute Gasteiger partial charge is 0.488 e. The second kappa shape index (κ2) is 6.04. The van der Waals surface area contributed by atoms with Gasteiger partial charge in [0.2, 0.25) is 0 Å². The predicted molar refractivity (Wildman–Crippen MR) is 74.8 cm³/mol. The standard InChI is InChI=1S/C15H15ClFNO/c1-10(18)13-4-2-3-5-15(13)19-9-11-8-12(16)6-7-14(11)17/h2-8,10H,9,18H2,1H3. The number of ether oxygens (including phenoxy) is 1. The SMILES string of the molecule is CC(N)c1ccccc1OCc1cc(Cl)ccc1F. The van der Waals surface area contributed by atoms with Gasteiger partial charge in [-0.15, -0.1) is 0 Å². The fraction of sp³-hybridized carbons (Fsp3) is 0.200. The molecule has 2 aromatic carbocycles. The highest BCUT2D eigenvalue weighted by Gasteiger charge is 2.09. The van der Waals surface area contributed by atoms with Crippen molar-refractivity contribution in [2.75, 3.05) is 0 Å². The van der Waals surface area contributed by atoms with E-state index in [2.05, 4.69) is 0 Å². The Labute approximate surface area is 117 Å². The van der Waals surface area contributed by atoms with Gasteiger partial charge in [0.05, 0.1) is 0 Å². The Morgan fingerprint density at radius 2 is 2.00 bits per heavy atom. The minimum absolute atomic E-state index is 0.121. The molecule has 0 radical (unpaired) electrons. The molecule has 0 aromatic heterocycles. The van der Waals surface area contributed by atoms with Crippen molar-refractivity contribution in [3.63, 3.8) is 0 Å². The van der Waals surface area contributed by atoms with Gasteiger partial charge >= 0.3 is 0 Å². The number of para-hydroxylation sites is 1. The Bertz CT molecular complexity index is 572. The first-order valence-electron chi connectivity index (χ1n) is 5.99. The van der Waals surface area contributed by atoms with Crippen molar-refractivity contribution in [2.45, 2.75) is 19.6 Å². The fourth-order valence-corrected chi connectivity index (χ4v) is 1.99. The van der Waals surface area contributed by atoms with Crippen molar-refractivity contribution >= 4 is 11.6 Å². The van der Waals surface area contributed by atoms with Crippen LogP contribution in [0.15, 0.2) is 42.5 Å². The van der Waals surface area contributed by atoms with Crippen LogP contribution in [0.3, 0.4) is 0 Å². The minimum Gasteiger partial charge on any atom is -0.488 e. The Hall–Kier alpha value is -1.58. The van der Waals surface area contributed by atoms with Gasteiger partial charge in [0.15, 0.2) is 0 Å². The molecule has 0 amide bonds. The molecule has 0 aliphatic heterocycles. The summed E-state index contributed by atoms with van der Waals surface area (Å²) in [5.41, 5.74) is 7.18. The number of benzene rings is 2. The smallest absolute Gasteiger partial charge is 0.129 e. The molecule has 2 aromatic rings. The molecular formula is C15H15ClFNO. The topological polar surface area (TPSA) is 35.2 Å². The summed E-state index contributed by atoms with van der Waals surface area (Å²) in [4.78, 5) is 0. The summed E-state index contributed by atoms with van der Waals surface area (Å²) in [7, 11) is 0. The molecule has 100 valence electrons. The van der Waals surface area contributed by atoms with E-state index < -0.39 is 0 Å². The Balaban J connectivity index is 2.17. The highest BCUT2D eigenvalue weighted by molar-refractivity contribution is 6.30. The van der Waals surface area contributed by atoms with E-state index in [1.54, 1.807) is 6.07 Å². The van der Waals surface area contributed by atoms with E-state index in [0.29, 0.717) is 16.3 Å². The summed E-state index contributed by atoms with van der Waals surface area (Å²) in [6.45, 7) is 2.00. The van der Waals surface area contributed by atoms with E-state index in [1.807, 2.05) is 31.2 Å². The zero-order valence-electron chi connectivity index (χ0n) is 10.6. The van der Waals surface area contributed by atoms with Crippen LogP contribution in [0.2, 0.25) is 5.02 Å². The van der Waals surface area contributed by atoms with Gasteiger partial charge in [-0.25, -0.2) is 4.39 Å². The van der Waals surface area contributed by atoms with Crippen LogP contribution in [-0.2, 0) is 6.61 Å². The van der Waals surface area contributed by atoms with Crippen molar-refractivity contribution in [3.8, 4) is 5.75 Å². The lowest BCUT2D eigenvalue weighted by Gasteiger charge is -2.14. The average molecular weight is 280 g/mol. The van der Waals surface area contributed by atoms with Gasteiger partial charge in [0.1, 0.15) is 18.2 Å². The number of hydrogen-bond donors (Lipinski definition) is 1. The zero-order chi connectivity index (χ0) is 13.8. The molecule has 0 aliphatic rings. The van der Waals surface area contributed by atoms with Crippen LogP contribution in [0.1, 0.15) is 24.1 Å². The van der Waals surface area contributed by atoms with Crippen LogP contribution in [0.5, 0.6) is 5.75 Å². The highest BCUT2D eigenvalue weighted by atomic mass is 35.5. The summed E-state index contributed by atoms with van der Waals surface area (Å²) >= 11 is 5.84. The van der Waals surface area contributed by atoms with Gasteiger partial charge in [-0.3, -0.25) is 0 Å². The van der Waals surface area contributed by atoms with Crippen molar-refractivity contribution in [1.29, 1.82) is 0 Å². The Morgan fingerprint density at radius 1 is 1.26 bits per heavy atom. The quantitative estimate of drug-likeness (QED) is 0.915. The third kappa shape index (κ3) is 3.46. The highest BCUT2D eigenvalue weighted by Crippen LogP contribution is 2.25. The van der Waals surface area contributed by atoms with Crippen molar-refractivity contribution < 1.29 is 9.13 Å². The van der Waals surface area contributed by atoms with E-state index in [4.69, 9.17) is 22.1 Å². The van der Waals surface area contributed by atoms with Crippen LogP contribution in [-0.4, -0.2) is 0 Å².